The molecule has 17 heavy (non-hydrogen) atoms. The molecule has 0 atom stereocenters. The number of likely N-dealkylation sites (tertiary alicyclic amines) is 1. The third kappa shape index (κ3) is 3.23. The Morgan fingerprint density at radius 1 is 1.06 bits per heavy atom. The molecule has 0 radical (unpaired) electrons. The first-order valence-electron chi connectivity index (χ1n) is 7.34. The van der Waals surface area contributed by atoms with E-state index >= 15 is 0 Å². The predicted molar refractivity (Wildman–Crippen MR) is 76.1 cm³/mol. The van der Waals surface area contributed by atoms with Gasteiger partial charge in [0.05, 0.1) is 0 Å². The summed E-state index contributed by atoms with van der Waals surface area (Å²) in [5.41, 5.74) is 6.77. The molecule has 1 fully saturated rings. The lowest BCUT2D eigenvalue weighted by atomic mass is 9.74. The second-order valence-electron chi connectivity index (χ2n) is 6.76. The zero-order chi connectivity index (χ0) is 13.1. The highest BCUT2D eigenvalue weighted by molar-refractivity contribution is 4.93. The Morgan fingerprint density at radius 2 is 1.53 bits per heavy atom. The number of rotatable bonds is 4. The maximum absolute atomic E-state index is 6.04. The van der Waals surface area contributed by atoms with Crippen molar-refractivity contribution in [3.05, 3.63) is 0 Å². The number of nitrogens with zero attached hydrogens (tertiary/aromatic N) is 1. The average Bonchev–Trinajstić information content (AvgIpc) is 2.32. The van der Waals surface area contributed by atoms with Crippen LogP contribution in [0.25, 0.3) is 0 Å². The summed E-state index contributed by atoms with van der Waals surface area (Å²) in [6, 6.07) is 0. The van der Waals surface area contributed by atoms with Gasteiger partial charge >= 0.3 is 0 Å². The zero-order valence-corrected chi connectivity index (χ0v) is 12.6. The summed E-state index contributed by atoms with van der Waals surface area (Å²) >= 11 is 0. The number of nitrogens with two attached hydrogens (primary N) is 1. The Kier molecular flexibility index (Phi) is 5.03. The monoisotopic (exact) mass is 240 g/mol. The molecule has 1 rings (SSSR count). The molecule has 0 spiro atoms. The minimum atomic E-state index is 0.267. The van der Waals surface area contributed by atoms with E-state index in [4.69, 9.17) is 5.73 Å². The number of piperidine rings is 1. The van der Waals surface area contributed by atoms with E-state index < -0.39 is 0 Å². The topological polar surface area (TPSA) is 29.3 Å². The highest BCUT2D eigenvalue weighted by Crippen LogP contribution is 2.37. The summed E-state index contributed by atoms with van der Waals surface area (Å²) in [4.78, 5) is 2.66. The summed E-state index contributed by atoms with van der Waals surface area (Å²) in [6.45, 7) is 15.0. The molecule has 2 heteroatoms. The molecule has 0 aromatic rings. The highest BCUT2D eigenvalue weighted by Gasteiger charge is 2.37. The summed E-state index contributed by atoms with van der Waals surface area (Å²) in [6.07, 6.45) is 5.04. The highest BCUT2D eigenvalue weighted by atomic mass is 15.2. The summed E-state index contributed by atoms with van der Waals surface area (Å²) in [5.74, 6) is 0.878. The van der Waals surface area contributed by atoms with Crippen molar-refractivity contribution in [3.8, 4) is 0 Å². The molecule has 0 aliphatic carbocycles. The Morgan fingerprint density at radius 3 is 1.82 bits per heavy atom. The van der Waals surface area contributed by atoms with Gasteiger partial charge in [0.15, 0.2) is 0 Å². The molecule has 102 valence electrons. The zero-order valence-electron chi connectivity index (χ0n) is 12.6. The van der Waals surface area contributed by atoms with E-state index in [0.717, 1.165) is 12.5 Å². The lowest BCUT2D eigenvalue weighted by Gasteiger charge is -2.48. The van der Waals surface area contributed by atoms with Crippen LogP contribution < -0.4 is 5.73 Å². The summed E-state index contributed by atoms with van der Waals surface area (Å²) < 4.78 is 0. The Hall–Kier alpha value is -0.0800. The molecule has 1 aliphatic heterocycles. The van der Waals surface area contributed by atoms with E-state index in [-0.39, 0.29) is 5.54 Å². The predicted octanol–water partition coefficient (Wildman–Crippen LogP) is 3.26. The van der Waals surface area contributed by atoms with Crippen LogP contribution in [0.3, 0.4) is 0 Å². The lowest BCUT2D eigenvalue weighted by molar-refractivity contribution is 0.0246. The first-order valence-corrected chi connectivity index (χ1v) is 7.34. The van der Waals surface area contributed by atoms with Crippen molar-refractivity contribution in [2.24, 2.45) is 17.1 Å². The van der Waals surface area contributed by atoms with Crippen molar-refractivity contribution < 1.29 is 0 Å². The van der Waals surface area contributed by atoms with E-state index in [2.05, 4.69) is 39.5 Å². The van der Waals surface area contributed by atoms with Crippen LogP contribution in [-0.4, -0.2) is 30.1 Å². The molecule has 0 unspecified atom stereocenters. The van der Waals surface area contributed by atoms with Crippen LogP contribution in [0.15, 0.2) is 0 Å². The van der Waals surface area contributed by atoms with Crippen molar-refractivity contribution >= 4 is 0 Å². The second kappa shape index (κ2) is 5.71. The van der Waals surface area contributed by atoms with Crippen LogP contribution >= 0.6 is 0 Å². The third-order valence-electron chi connectivity index (χ3n) is 5.09. The molecule has 0 saturated carbocycles. The summed E-state index contributed by atoms with van der Waals surface area (Å²) in [5, 5.41) is 0. The van der Waals surface area contributed by atoms with Gasteiger partial charge in [-0.1, -0.05) is 34.6 Å². The minimum absolute atomic E-state index is 0.267. The van der Waals surface area contributed by atoms with E-state index in [1.165, 1.54) is 38.8 Å². The first kappa shape index (κ1) is 15.0. The lowest BCUT2D eigenvalue weighted by Crippen LogP contribution is -2.56. The molecule has 0 bridgehead atoms. The van der Waals surface area contributed by atoms with E-state index in [0.29, 0.717) is 5.41 Å². The van der Waals surface area contributed by atoms with Gasteiger partial charge < -0.3 is 5.73 Å². The molecule has 1 saturated heterocycles. The van der Waals surface area contributed by atoms with Crippen molar-refractivity contribution in [1.82, 2.24) is 4.90 Å². The van der Waals surface area contributed by atoms with E-state index in [1.807, 2.05) is 0 Å². The third-order valence-corrected chi connectivity index (χ3v) is 5.09. The fourth-order valence-corrected chi connectivity index (χ4v) is 3.33. The van der Waals surface area contributed by atoms with Crippen LogP contribution in [0.4, 0.5) is 0 Å². The van der Waals surface area contributed by atoms with Crippen molar-refractivity contribution in [2.45, 2.75) is 65.8 Å². The van der Waals surface area contributed by atoms with Gasteiger partial charge in [0.2, 0.25) is 0 Å². The van der Waals surface area contributed by atoms with Gasteiger partial charge in [-0.05, 0) is 50.1 Å². The molecule has 1 aliphatic rings. The standard InChI is InChI=1S/C15H32N2/c1-6-15(7-2,12-16)17-10-8-13(9-11-17)14(3,4)5/h13H,6-12,16H2,1-5H3. The van der Waals surface area contributed by atoms with Gasteiger partial charge in [-0.15, -0.1) is 0 Å². The molecule has 2 N–H and O–H groups in total. The molecular weight excluding hydrogens is 208 g/mol. The van der Waals surface area contributed by atoms with Gasteiger partial charge in [0, 0.05) is 12.1 Å². The molecule has 0 amide bonds. The maximum atomic E-state index is 6.04. The number of hydrogen-bond acceptors (Lipinski definition) is 2. The molecular formula is C15H32N2. The number of hydrogen-bond donors (Lipinski definition) is 1. The molecule has 0 aromatic carbocycles. The smallest absolute Gasteiger partial charge is 0.0326 e. The fraction of sp³-hybridized carbons (Fsp3) is 1.00. The molecule has 2 nitrogen and oxygen atoms in total. The SMILES string of the molecule is CCC(CC)(CN)N1CCC(C(C)(C)C)CC1. The van der Waals surface area contributed by atoms with Crippen LogP contribution in [-0.2, 0) is 0 Å². The van der Waals surface area contributed by atoms with Crippen LogP contribution in [0.1, 0.15) is 60.3 Å². The van der Waals surface area contributed by atoms with Crippen molar-refractivity contribution in [2.75, 3.05) is 19.6 Å². The van der Waals surface area contributed by atoms with Crippen LogP contribution in [0, 0.1) is 11.3 Å². The van der Waals surface area contributed by atoms with Gasteiger partial charge in [0.1, 0.15) is 0 Å². The van der Waals surface area contributed by atoms with E-state index in [9.17, 15) is 0 Å². The largest absolute Gasteiger partial charge is 0.329 e. The Balaban J connectivity index is 2.62. The maximum Gasteiger partial charge on any atom is 0.0326 e. The quantitative estimate of drug-likeness (QED) is 0.817. The van der Waals surface area contributed by atoms with Crippen molar-refractivity contribution in [3.63, 3.8) is 0 Å². The second-order valence-corrected chi connectivity index (χ2v) is 6.76. The Bertz CT molecular complexity index is 209. The fourth-order valence-electron chi connectivity index (χ4n) is 3.33. The van der Waals surface area contributed by atoms with Gasteiger partial charge in [-0.2, -0.15) is 0 Å². The minimum Gasteiger partial charge on any atom is -0.329 e. The Labute approximate surface area is 108 Å². The van der Waals surface area contributed by atoms with Gasteiger partial charge in [-0.3, -0.25) is 4.90 Å². The van der Waals surface area contributed by atoms with Gasteiger partial charge in [0.25, 0.3) is 0 Å². The van der Waals surface area contributed by atoms with Crippen molar-refractivity contribution in [1.29, 1.82) is 0 Å². The van der Waals surface area contributed by atoms with Crippen LogP contribution in [0.5, 0.6) is 0 Å². The molecule has 0 aromatic heterocycles. The normalized spacial score (nSPS) is 20.8. The van der Waals surface area contributed by atoms with Crippen LogP contribution in [0.2, 0.25) is 0 Å². The summed E-state index contributed by atoms with van der Waals surface area (Å²) in [7, 11) is 0. The van der Waals surface area contributed by atoms with E-state index in [1.54, 1.807) is 0 Å². The van der Waals surface area contributed by atoms with Gasteiger partial charge in [-0.25, -0.2) is 0 Å². The average molecular weight is 240 g/mol. The first-order chi connectivity index (χ1) is 7.89. The molecule has 1 heterocycles.